The molecule has 1 aromatic carbocycles. The van der Waals surface area contributed by atoms with E-state index in [1.807, 2.05) is 36.5 Å². The molecule has 0 fully saturated rings. The maximum Gasteiger partial charge on any atom is 0.0845 e. The number of aryl methyl sites for hydroxylation is 1. The summed E-state index contributed by atoms with van der Waals surface area (Å²) in [5.74, 6) is 0. The van der Waals surface area contributed by atoms with Crippen LogP contribution in [0.4, 0.5) is 0 Å². The van der Waals surface area contributed by atoms with Gasteiger partial charge in [0.2, 0.25) is 0 Å². The Morgan fingerprint density at radius 1 is 1.17 bits per heavy atom. The lowest BCUT2D eigenvalue weighted by atomic mass is 10.0. The number of aliphatic hydroxyl groups excluding tert-OH is 1. The highest BCUT2D eigenvalue weighted by atomic mass is 127. The standard InChI is InChI=1S/C15H16INO/c1-2-11-3-8-14(17-10-11)9-15(18)12-4-6-13(16)7-5-12/h3-8,10,15,18H,2,9H2,1H3. The van der Waals surface area contributed by atoms with Crippen molar-refractivity contribution < 1.29 is 5.11 Å². The highest BCUT2D eigenvalue weighted by Crippen LogP contribution is 2.18. The van der Waals surface area contributed by atoms with Crippen LogP contribution in [0.1, 0.15) is 29.8 Å². The number of aromatic nitrogens is 1. The molecule has 0 amide bonds. The Kier molecular flexibility index (Phi) is 4.72. The van der Waals surface area contributed by atoms with Crippen LogP contribution in [0.25, 0.3) is 0 Å². The van der Waals surface area contributed by atoms with E-state index < -0.39 is 6.10 Å². The molecule has 0 radical (unpaired) electrons. The zero-order valence-corrected chi connectivity index (χ0v) is 12.5. The Bertz CT molecular complexity index is 493. The zero-order valence-electron chi connectivity index (χ0n) is 10.3. The maximum absolute atomic E-state index is 10.1. The molecule has 1 atom stereocenters. The average molecular weight is 353 g/mol. The van der Waals surface area contributed by atoms with E-state index in [0.717, 1.165) is 17.7 Å². The first-order chi connectivity index (χ1) is 8.69. The summed E-state index contributed by atoms with van der Waals surface area (Å²) in [4.78, 5) is 4.37. The molecule has 18 heavy (non-hydrogen) atoms. The van der Waals surface area contributed by atoms with E-state index in [0.29, 0.717) is 6.42 Å². The number of hydrogen-bond acceptors (Lipinski definition) is 2. The molecule has 0 aliphatic rings. The second-order valence-electron chi connectivity index (χ2n) is 4.28. The fourth-order valence-corrected chi connectivity index (χ4v) is 2.15. The van der Waals surface area contributed by atoms with Crippen molar-refractivity contribution in [2.24, 2.45) is 0 Å². The topological polar surface area (TPSA) is 33.1 Å². The summed E-state index contributed by atoms with van der Waals surface area (Å²) in [6, 6.07) is 12.0. The van der Waals surface area contributed by atoms with Gasteiger partial charge in [-0.1, -0.05) is 25.1 Å². The Morgan fingerprint density at radius 2 is 1.89 bits per heavy atom. The van der Waals surface area contributed by atoms with Gasteiger partial charge in [0, 0.05) is 21.9 Å². The van der Waals surface area contributed by atoms with Gasteiger partial charge >= 0.3 is 0 Å². The minimum Gasteiger partial charge on any atom is -0.388 e. The minimum absolute atomic E-state index is 0.484. The van der Waals surface area contributed by atoms with Crippen molar-refractivity contribution in [3.05, 3.63) is 63.0 Å². The van der Waals surface area contributed by atoms with Crippen LogP contribution in [0.5, 0.6) is 0 Å². The summed E-state index contributed by atoms with van der Waals surface area (Å²) in [5, 5.41) is 10.1. The summed E-state index contributed by atoms with van der Waals surface area (Å²) in [6.07, 6.45) is 2.95. The third-order valence-corrected chi connectivity index (χ3v) is 3.67. The monoisotopic (exact) mass is 353 g/mol. The molecule has 0 aliphatic heterocycles. The fourth-order valence-electron chi connectivity index (χ4n) is 1.79. The minimum atomic E-state index is -0.484. The van der Waals surface area contributed by atoms with E-state index in [4.69, 9.17) is 0 Å². The van der Waals surface area contributed by atoms with E-state index in [1.54, 1.807) is 0 Å². The number of nitrogens with zero attached hydrogens (tertiary/aromatic N) is 1. The van der Waals surface area contributed by atoms with Crippen LogP contribution in [-0.4, -0.2) is 10.1 Å². The second kappa shape index (κ2) is 6.29. The van der Waals surface area contributed by atoms with Crippen molar-refractivity contribution in [3.63, 3.8) is 0 Å². The summed E-state index contributed by atoms with van der Waals surface area (Å²) in [5.41, 5.74) is 3.09. The van der Waals surface area contributed by atoms with E-state index in [2.05, 4.69) is 40.6 Å². The molecule has 3 heteroatoms. The van der Waals surface area contributed by atoms with Crippen LogP contribution in [0.2, 0.25) is 0 Å². The van der Waals surface area contributed by atoms with Crippen molar-refractivity contribution in [2.45, 2.75) is 25.9 Å². The van der Waals surface area contributed by atoms with Crippen molar-refractivity contribution >= 4 is 22.6 Å². The highest BCUT2D eigenvalue weighted by molar-refractivity contribution is 14.1. The quantitative estimate of drug-likeness (QED) is 0.854. The first kappa shape index (κ1) is 13.5. The van der Waals surface area contributed by atoms with Crippen molar-refractivity contribution in [2.75, 3.05) is 0 Å². The van der Waals surface area contributed by atoms with Crippen LogP contribution in [0.15, 0.2) is 42.6 Å². The van der Waals surface area contributed by atoms with Crippen LogP contribution >= 0.6 is 22.6 Å². The molecule has 0 spiro atoms. The van der Waals surface area contributed by atoms with Gasteiger partial charge in [-0.15, -0.1) is 0 Å². The Hall–Kier alpha value is -0.940. The van der Waals surface area contributed by atoms with Gasteiger partial charge in [-0.3, -0.25) is 4.98 Å². The third-order valence-electron chi connectivity index (χ3n) is 2.95. The van der Waals surface area contributed by atoms with Gasteiger partial charge in [-0.2, -0.15) is 0 Å². The van der Waals surface area contributed by atoms with E-state index in [1.165, 1.54) is 9.13 Å². The molecule has 2 aromatic rings. The zero-order chi connectivity index (χ0) is 13.0. The molecule has 1 aromatic heterocycles. The summed E-state index contributed by atoms with van der Waals surface area (Å²) < 4.78 is 1.17. The van der Waals surface area contributed by atoms with E-state index in [-0.39, 0.29) is 0 Å². The number of benzene rings is 1. The molecule has 1 heterocycles. The lowest BCUT2D eigenvalue weighted by Gasteiger charge is -2.11. The summed E-state index contributed by atoms with van der Waals surface area (Å²) in [6.45, 7) is 2.11. The fraction of sp³-hybridized carbons (Fsp3) is 0.267. The van der Waals surface area contributed by atoms with Crippen LogP contribution in [0, 0.1) is 3.57 Å². The number of pyridine rings is 1. The number of aliphatic hydroxyl groups is 1. The lowest BCUT2D eigenvalue weighted by Crippen LogP contribution is -2.03. The predicted octanol–water partition coefficient (Wildman–Crippen LogP) is 3.52. The first-order valence-electron chi connectivity index (χ1n) is 6.06. The second-order valence-corrected chi connectivity index (χ2v) is 5.53. The number of rotatable bonds is 4. The molecule has 2 rings (SSSR count). The molecular formula is C15H16INO. The summed E-state index contributed by atoms with van der Waals surface area (Å²) in [7, 11) is 0. The van der Waals surface area contributed by atoms with Crippen LogP contribution in [0.3, 0.4) is 0 Å². The Labute approximate surface area is 121 Å². The Balaban J connectivity index is 2.05. The molecule has 2 nitrogen and oxygen atoms in total. The largest absolute Gasteiger partial charge is 0.388 e. The van der Waals surface area contributed by atoms with Crippen molar-refractivity contribution in [1.29, 1.82) is 0 Å². The smallest absolute Gasteiger partial charge is 0.0845 e. The van der Waals surface area contributed by atoms with Crippen LogP contribution < -0.4 is 0 Å². The maximum atomic E-state index is 10.1. The third kappa shape index (κ3) is 3.53. The molecule has 1 N–H and O–H groups in total. The normalized spacial score (nSPS) is 12.4. The molecule has 1 unspecified atom stereocenters. The first-order valence-corrected chi connectivity index (χ1v) is 7.14. The van der Waals surface area contributed by atoms with E-state index in [9.17, 15) is 5.11 Å². The van der Waals surface area contributed by atoms with Gasteiger partial charge in [-0.25, -0.2) is 0 Å². The van der Waals surface area contributed by atoms with E-state index >= 15 is 0 Å². The van der Waals surface area contributed by atoms with Gasteiger partial charge in [0.05, 0.1) is 6.10 Å². The molecule has 0 saturated carbocycles. The van der Waals surface area contributed by atoms with Gasteiger partial charge in [0.1, 0.15) is 0 Å². The molecular weight excluding hydrogens is 337 g/mol. The average Bonchev–Trinajstić information content (AvgIpc) is 2.40. The molecule has 0 saturated heterocycles. The van der Waals surface area contributed by atoms with Crippen molar-refractivity contribution in [3.8, 4) is 0 Å². The van der Waals surface area contributed by atoms with Gasteiger partial charge in [0.25, 0.3) is 0 Å². The van der Waals surface area contributed by atoms with Gasteiger partial charge in [-0.05, 0) is 58.3 Å². The van der Waals surface area contributed by atoms with Gasteiger partial charge < -0.3 is 5.11 Å². The lowest BCUT2D eigenvalue weighted by molar-refractivity contribution is 0.177. The predicted molar refractivity (Wildman–Crippen MR) is 81.4 cm³/mol. The summed E-state index contributed by atoms with van der Waals surface area (Å²) >= 11 is 2.26. The van der Waals surface area contributed by atoms with Crippen LogP contribution in [-0.2, 0) is 12.8 Å². The highest BCUT2D eigenvalue weighted by Gasteiger charge is 2.09. The van der Waals surface area contributed by atoms with Gasteiger partial charge in [0.15, 0.2) is 0 Å². The Morgan fingerprint density at radius 3 is 2.44 bits per heavy atom. The number of halogens is 1. The van der Waals surface area contributed by atoms with Crippen molar-refractivity contribution in [1.82, 2.24) is 4.98 Å². The molecule has 0 bridgehead atoms. The number of hydrogen-bond donors (Lipinski definition) is 1. The molecule has 94 valence electrons. The SMILES string of the molecule is CCc1ccc(CC(O)c2ccc(I)cc2)nc1. The molecule has 0 aliphatic carbocycles.